The number of halogens is 1. The van der Waals surface area contributed by atoms with Crippen LogP contribution in [-0.2, 0) is 0 Å². The maximum Gasteiger partial charge on any atom is 0.131 e. The van der Waals surface area contributed by atoms with Gasteiger partial charge in [0.1, 0.15) is 11.9 Å². The molecule has 1 heterocycles. The molecule has 0 saturated heterocycles. The van der Waals surface area contributed by atoms with Crippen LogP contribution in [0.25, 0.3) is 5.57 Å². The minimum Gasteiger partial charge on any atom is -0.484 e. The molecule has 3 rings (SSSR count). The van der Waals surface area contributed by atoms with E-state index in [1.165, 1.54) is 11.1 Å². The van der Waals surface area contributed by atoms with Crippen LogP contribution in [0.2, 0.25) is 0 Å². The molecule has 0 aromatic heterocycles. The summed E-state index contributed by atoms with van der Waals surface area (Å²) in [5.74, 6) is 1.43. The Kier molecular flexibility index (Phi) is 1.99. The average molecular weight is 263 g/mol. The Balaban J connectivity index is 2.15. The van der Waals surface area contributed by atoms with Crippen molar-refractivity contribution in [1.82, 2.24) is 0 Å². The molecule has 2 atom stereocenters. The van der Waals surface area contributed by atoms with Gasteiger partial charge in [-0.05, 0) is 12.1 Å². The Labute approximate surface area is 97.6 Å². The average Bonchev–Trinajstić information content (AvgIpc) is 2.57. The van der Waals surface area contributed by atoms with Crippen LogP contribution < -0.4 is 4.74 Å². The van der Waals surface area contributed by atoms with Crippen LogP contribution in [0, 0.1) is 5.92 Å². The van der Waals surface area contributed by atoms with Crippen LogP contribution in [0.4, 0.5) is 0 Å². The Morgan fingerprint density at radius 1 is 1.27 bits per heavy atom. The van der Waals surface area contributed by atoms with Gasteiger partial charge in [0.15, 0.2) is 0 Å². The Hall–Kier alpha value is -1.02. The summed E-state index contributed by atoms with van der Waals surface area (Å²) in [6.45, 7) is 2.19. The standard InChI is InChI=1S/C13H11BrO/c1-8-6-9(14)7-11-10-4-2-3-5-12(10)15-13(8)11/h2-8,13H,1H3. The topological polar surface area (TPSA) is 9.23 Å². The molecule has 0 bridgehead atoms. The van der Waals surface area contributed by atoms with Gasteiger partial charge in [0.05, 0.1) is 0 Å². The summed E-state index contributed by atoms with van der Waals surface area (Å²) in [4.78, 5) is 0. The molecule has 76 valence electrons. The third kappa shape index (κ3) is 1.36. The maximum absolute atomic E-state index is 5.94. The lowest BCUT2D eigenvalue weighted by molar-refractivity contribution is 0.235. The van der Waals surface area contributed by atoms with Gasteiger partial charge in [-0.1, -0.05) is 47.1 Å². The molecule has 0 N–H and O–H groups in total. The quantitative estimate of drug-likeness (QED) is 0.692. The summed E-state index contributed by atoms with van der Waals surface area (Å²) in [5.41, 5.74) is 2.53. The van der Waals surface area contributed by atoms with E-state index in [9.17, 15) is 0 Å². The van der Waals surface area contributed by atoms with Crippen LogP contribution >= 0.6 is 15.9 Å². The van der Waals surface area contributed by atoms with E-state index < -0.39 is 0 Å². The number of allylic oxidation sites excluding steroid dienone is 2. The molecule has 1 aromatic carbocycles. The van der Waals surface area contributed by atoms with E-state index >= 15 is 0 Å². The zero-order chi connectivity index (χ0) is 10.4. The highest BCUT2D eigenvalue weighted by atomic mass is 79.9. The lowest BCUT2D eigenvalue weighted by Gasteiger charge is -2.21. The van der Waals surface area contributed by atoms with Crippen LogP contribution in [0.5, 0.6) is 5.75 Å². The molecule has 0 radical (unpaired) electrons. The fraction of sp³-hybridized carbons (Fsp3) is 0.231. The molecule has 1 nitrogen and oxygen atoms in total. The van der Waals surface area contributed by atoms with Crippen molar-refractivity contribution >= 4 is 21.5 Å². The zero-order valence-electron chi connectivity index (χ0n) is 8.41. The van der Waals surface area contributed by atoms with Crippen LogP contribution in [0.15, 0.2) is 40.9 Å². The Bertz CT molecular complexity index is 473. The zero-order valence-corrected chi connectivity index (χ0v) is 9.99. The highest BCUT2D eigenvalue weighted by Crippen LogP contribution is 2.43. The van der Waals surface area contributed by atoms with Crippen molar-refractivity contribution < 1.29 is 4.74 Å². The number of hydrogen-bond acceptors (Lipinski definition) is 1. The van der Waals surface area contributed by atoms with E-state index in [1.807, 2.05) is 12.1 Å². The van der Waals surface area contributed by atoms with Crippen molar-refractivity contribution in [2.45, 2.75) is 13.0 Å². The maximum atomic E-state index is 5.94. The summed E-state index contributed by atoms with van der Waals surface area (Å²) in [5, 5.41) is 0. The molecule has 15 heavy (non-hydrogen) atoms. The van der Waals surface area contributed by atoms with E-state index in [1.54, 1.807) is 0 Å². The molecule has 2 heteroatoms. The highest BCUT2D eigenvalue weighted by Gasteiger charge is 2.33. The van der Waals surface area contributed by atoms with Crippen molar-refractivity contribution in [1.29, 1.82) is 0 Å². The molecular formula is C13H11BrO. The second kappa shape index (κ2) is 3.24. The molecule has 1 aliphatic carbocycles. The molecule has 0 spiro atoms. The molecule has 1 aliphatic heterocycles. The minimum absolute atomic E-state index is 0.198. The van der Waals surface area contributed by atoms with Gasteiger partial charge in [-0.25, -0.2) is 0 Å². The van der Waals surface area contributed by atoms with Gasteiger partial charge in [-0.15, -0.1) is 0 Å². The van der Waals surface area contributed by atoms with Gasteiger partial charge in [0.25, 0.3) is 0 Å². The normalized spacial score (nSPS) is 27.3. The smallest absolute Gasteiger partial charge is 0.131 e. The largest absolute Gasteiger partial charge is 0.484 e. The van der Waals surface area contributed by atoms with Gasteiger partial charge in [0, 0.05) is 21.5 Å². The van der Waals surface area contributed by atoms with Crippen molar-refractivity contribution in [3.8, 4) is 5.75 Å². The van der Waals surface area contributed by atoms with E-state index in [-0.39, 0.29) is 6.10 Å². The molecule has 2 unspecified atom stereocenters. The van der Waals surface area contributed by atoms with E-state index in [4.69, 9.17) is 4.74 Å². The molecule has 0 saturated carbocycles. The Morgan fingerprint density at radius 2 is 2.07 bits per heavy atom. The summed E-state index contributed by atoms with van der Waals surface area (Å²) in [6, 6.07) is 8.24. The predicted molar refractivity (Wildman–Crippen MR) is 65.0 cm³/mol. The molecule has 0 amide bonds. The summed E-state index contributed by atoms with van der Waals surface area (Å²) >= 11 is 3.55. The Morgan fingerprint density at radius 3 is 2.93 bits per heavy atom. The van der Waals surface area contributed by atoms with E-state index in [0.717, 1.165) is 10.2 Å². The summed E-state index contributed by atoms with van der Waals surface area (Å²) in [6.07, 6.45) is 4.56. The van der Waals surface area contributed by atoms with E-state index in [2.05, 4.69) is 47.1 Å². The molecular weight excluding hydrogens is 252 g/mol. The van der Waals surface area contributed by atoms with Crippen molar-refractivity contribution in [3.05, 3.63) is 46.5 Å². The number of hydrogen-bond donors (Lipinski definition) is 0. The van der Waals surface area contributed by atoms with Gasteiger partial charge < -0.3 is 4.74 Å². The second-order valence-corrected chi connectivity index (χ2v) is 4.96. The number of para-hydroxylation sites is 1. The van der Waals surface area contributed by atoms with Crippen LogP contribution in [0.3, 0.4) is 0 Å². The number of rotatable bonds is 0. The SMILES string of the molecule is CC1C=C(Br)C=C2c3ccccc3OC21. The predicted octanol–water partition coefficient (Wildman–Crippen LogP) is 3.76. The third-order valence-electron chi connectivity index (χ3n) is 2.95. The summed E-state index contributed by atoms with van der Waals surface area (Å²) < 4.78 is 7.09. The first-order valence-corrected chi connectivity index (χ1v) is 5.90. The van der Waals surface area contributed by atoms with Crippen LogP contribution in [0.1, 0.15) is 12.5 Å². The second-order valence-electron chi connectivity index (χ2n) is 4.04. The molecule has 1 aromatic rings. The monoisotopic (exact) mass is 262 g/mol. The first-order valence-electron chi connectivity index (χ1n) is 5.10. The van der Waals surface area contributed by atoms with Gasteiger partial charge in [-0.2, -0.15) is 0 Å². The fourth-order valence-electron chi connectivity index (χ4n) is 2.25. The van der Waals surface area contributed by atoms with Gasteiger partial charge in [0.2, 0.25) is 0 Å². The molecule has 0 fully saturated rings. The van der Waals surface area contributed by atoms with Crippen molar-refractivity contribution in [3.63, 3.8) is 0 Å². The first kappa shape index (κ1) is 9.22. The number of benzene rings is 1. The van der Waals surface area contributed by atoms with Crippen molar-refractivity contribution in [2.75, 3.05) is 0 Å². The number of ether oxygens (including phenoxy) is 1. The van der Waals surface area contributed by atoms with Gasteiger partial charge >= 0.3 is 0 Å². The summed E-state index contributed by atoms with van der Waals surface area (Å²) in [7, 11) is 0. The fourth-order valence-corrected chi connectivity index (χ4v) is 2.91. The lowest BCUT2D eigenvalue weighted by Crippen LogP contribution is -2.22. The van der Waals surface area contributed by atoms with Crippen molar-refractivity contribution in [2.24, 2.45) is 5.92 Å². The van der Waals surface area contributed by atoms with Crippen LogP contribution in [-0.4, -0.2) is 6.10 Å². The molecule has 2 aliphatic rings. The first-order chi connectivity index (χ1) is 7.25. The van der Waals surface area contributed by atoms with Gasteiger partial charge in [-0.3, -0.25) is 0 Å². The van der Waals surface area contributed by atoms with E-state index in [0.29, 0.717) is 5.92 Å². The third-order valence-corrected chi connectivity index (χ3v) is 3.44. The minimum atomic E-state index is 0.198. The highest BCUT2D eigenvalue weighted by molar-refractivity contribution is 9.11. The number of fused-ring (bicyclic) bond motifs is 3. The lowest BCUT2D eigenvalue weighted by atomic mass is 9.90.